The average Bonchev–Trinajstić information content (AvgIpc) is 2.09. The number of aromatic nitrogens is 2. The van der Waals surface area contributed by atoms with Crippen molar-refractivity contribution in [1.29, 1.82) is 0 Å². The molecule has 0 bridgehead atoms. The van der Waals surface area contributed by atoms with Gasteiger partial charge in [-0.1, -0.05) is 18.2 Å². The van der Waals surface area contributed by atoms with Crippen molar-refractivity contribution in [2.24, 2.45) is 0 Å². The Kier molecular flexibility index (Phi) is 2.19. The van der Waals surface area contributed by atoms with Gasteiger partial charge in [-0.15, -0.1) is 0 Å². The monoisotopic (exact) mass is 171 g/mol. The molecule has 1 heterocycles. The number of rotatable bonds is 2. The van der Waals surface area contributed by atoms with Crippen LogP contribution in [-0.2, 0) is 6.54 Å². The summed E-state index contributed by atoms with van der Waals surface area (Å²) in [5.41, 5.74) is 6.44. The van der Waals surface area contributed by atoms with Crippen LogP contribution in [-0.4, -0.2) is 9.78 Å². The zero-order valence-corrected chi connectivity index (χ0v) is 7.10. The molecule has 4 heteroatoms. The van der Waals surface area contributed by atoms with E-state index in [0.717, 1.165) is 5.69 Å². The van der Waals surface area contributed by atoms with Crippen molar-refractivity contribution in [3.8, 4) is 0 Å². The Balaban J connectivity index is 2.85. The van der Waals surface area contributed by atoms with Crippen LogP contribution in [0.1, 0.15) is 5.69 Å². The lowest BCUT2D eigenvalue weighted by atomic mass is 10.4. The highest BCUT2D eigenvalue weighted by atomic mass is 35.5. The van der Waals surface area contributed by atoms with Crippen LogP contribution in [0.25, 0.3) is 0 Å². The fourth-order valence-corrected chi connectivity index (χ4v) is 0.971. The third-order valence-electron chi connectivity index (χ3n) is 1.32. The number of nitrogens with two attached hydrogens (primary N) is 1. The summed E-state index contributed by atoms with van der Waals surface area (Å²) in [7, 11) is 0. The summed E-state index contributed by atoms with van der Waals surface area (Å²) in [6.07, 6.45) is 0. The number of nitrogen functional groups attached to an aromatic ring is 1. The van der Waals surface area contributed by atoms with Crippen LogP contribution in [0, 0.1) is 6.92 Å². The second-order valence-electron chi connectivity index (χ2n) is 2.39. The van der Waals surface area contributed by atoms with Crippen molar-refractivity contribution in [2.45, 2.75) is 13.5 Å². The Morgan fingerprint density at radius 3 is 2.91 bits per heavy atom. The van der Waals surface area contributed by atoms with Gasteiger partial charge in [-0.3, -0.25) is 4.68 Å². The van der Waals surface area contributed by atoms with Crippen LogP contribution >= 0.6 is 11.6 Å². The Hall–Kier alpha value is -0.960. The number of hydrogen-bond acceptors (Lipinski definition) is 2. The van der Waals surface area contributed by atoms with Crippen LogP contribution in [0.15, 0.2) is 17.7 Å². The molecular formula is C7H10ClN3. The SMILES string of the molecule is C=C(Cl)Cn1nc(N)cc1C. The van der Waals surface area contributed by atoms with E-state index in [1.807, 2.05) is 6.92 Å². The van der Waals surface area contributed by atoms with Gasteiger partial charge in [-0.2, -0.15) is 5.10 Å². The molecule has 0 aliphatic rings. The Bertz CT molecular complexity index is 277. The summed E-state index contributed by atoms with van der Waals surface area (Å²) in [4.78, 5) is 0. The summed E-state index contributed by atoms with van der Waals surface area (Å²) in [5.74, 6) is 0.514. The highest BCUT2D eigenvalue weighted by Gasteiger charge is 2.00. The third-order valence-corrected chi connectivity index (χ3v) is 1.44. The van der Waals surface area contributed by atoms with Gasteiger partial charge in [0.2, 0.25) is 0 Å². The van der Waals surface area contributed by atoms with Gasteiger partial charge in [0.25, 0.3) is 0 Å². The molecule has 0 unspecified atom stereocenters. The van der Waals surface area contributed by atoms with Crippen LogP contribution in [0.5, 0.6) is 0 Å². The lowest BCUT2D eigenvalue weighted by Gasteiger charge is -1.99. The summed E-state index contributed by atoms with van der Waals surface area (Å²) in [5, 5.41) is 4.55. The maximum absolute atomic E-state index is 5.60. The van der Waals surface area contributed by atoms with Crippen molar-refractivity contribution in [1.82, 2.24) is 9.78 Å². The van der Waals surface area contributed by atoms with Gasteiger partial charge in [-0.05, 0) is 6.92 Å². The van der Waals surface area contributed by atoms with E-state index in [4.69, 9.17) is 17.3 Å². The summed E-state index contributed by atoms with van der Waals surface area (Å²) < 4.78 is 1.71. The van der Waals surface area contributed by atoms with Crippen molar-refractivity contribution < 1.29 is 0 Å². The van der Waals surface area contributed by atoms with E-state index in [-0.39, 0.29) is 0 Å². The van der Waals surface area contributed by atoms with E-state index in [1.165, 1.54) is 0 Å². The van der Waals surface area contributed by atoms with Gasteiger partial charge < -0.3 is 5.73 Å². The predicted molar refractivity (Wildman–Crippen MR) is 46.4 cm³/mol. The van der Waals surface area contributed by atoms with E-state index in [0.29, 0.717) is 17.4 Å². The molecule has 1 aromatic rings. The lowest BCUT2D eigenvalue weighted by Crippen LogP contribution is -2.02. The molecule has 0 fully saturated rings. The highest BCUT2D eigenvalue weighted by molar-refractivity contribution is 6.29. The molecule has 0 saturated carbocycles. The van der Waals surface area contributed by atoms with Crippen molar-refractivity contribution >= 4 is 17.4 Å². The molecule has 0 aliphatic carbocycles. The first-order chi connectivity index (χ1) is 5.09. The number of allylic oxidation sites excluding steroid dienone is 1. The predicted octanol–water partition coefficient (Wildman–Crippen LogP) is 1.53. The van der Waals surface area contributed by atoms with E-state index in [1.54, 1.807) is 10.7 Å². The molecule has 0 amide bonds. The molecular weight excluding hydrogens is 162 g/mol. The Labute approximate surface area is 70.5 Å². The molecule has 0 radical (unpaired) electrons. The smallest absolute Gasteiger partial charge is 0.145 e. The topological polar surface area (TPSA) is 43.8 Å². The quantitative estimate of drug-likeness (QED) is 0.734. The van der Waals surface area contributed by atoms with E-state index in [2.05, 4.69) is 11.7 Å². The third kappa shape index (κ3) is 1.98. The van der Waals surface area contributed by atoms with E-state index in [9.17, 15) is 0 Å². The molecule has 0 aromatic carbocycles. The number of hydrogen-bond donors (Lipinski definition) is 1. The van der Waals surface area contributed by atoms with Gasteiger partial charge in [0, 0.05) is 16.8 Å². The molecule has 1 rings (SSSR count). The summed E-state index contributed by atoms with van der Waals surface area (Å²) in [6.45, 7) is 6.00. The number of anilines is 1. The zero-order valence-electron chi connectivity index (χ0n) is 6.34. The molecule has 0 atom stereocenters. The minimum absolute atomic E-state index is 0.514. The van der Waals surface area contributed by atoms with Crippen LogP contribution < -0.4 is 5.73 Å². The Morgan fingerprint density at radius 2 is 2.55 bits per heavy atom. The normalized spacial score (nSPS) is 10.0. The molecule has 3 nitrogen and oxygen atoms in total. The fraction of sp³-hybridized carbons (Fsp3) is 0.286. The molecule has 0 saturated heterocycles. The Morgan fingerprint density at radius 1 is 1.91 bits per heavy atom. The van der Waals surface area contributed by atoms with Crippen molar-refractivity contribution in [3.63, 3.8) is 0 Å². The first-order valence-electron chi connectivity index (χ1n) is 3.23. The minimum atomic E-state index is 0.514. The molecule has 0 spiro atoms. The van der Waals surface area contributed by atoms with Crippen LogP contribution in [0.3, 0.4) is 0 Å². The highest BCUT2D eigenvalue weighted by Crippen LogP contribution is 2.08. The molecule has 0 aliphatic heterocycles. The summed E-state index contributed by atoms with van der Waals surface area (Å²) in [6, 6.07) is 1.79. The van der Waals surface area contributed by atoms with E-state index >= 15 is 0 Å². The largest absolute Gasteiger partial charge is 0.382 e. The van der Waals surface area contributed by atoms with Gasteiger partial charge in [0.05, 0.1) is 6.54 Å². The lowest BCUT2D eigenvalue weighted by molar-refractivity contribution is 0.676. The maximum atomic E-state index is 5.60. The number of nitrogens with zero attached hydrogens (tertiary/aromatic N) is 2. The minimum Gasteiger partial charge on any atom is -0.382 e. The second-order valence-corrected chi connectivity index (χ2v) is 2.92. The second kappa shape index (κ2) is 2.96. The number of aryl methyl sites for hydroxylation is 1. The standard InChI is InChI=1S/C7H10ClN3/c1-5(8)4-11-6(2)3-7(9)10-11/h3H,1,4H2,2H3,(H2,9,10). The van der Waals surface area contributed by atoms with Gasteiger partial charge in [0.15, 0.2) is 0 Å². The first kappa shape index (κ1) is 8.14. The van der Waals surface area contributed by atoms with Crippen molar-refractivity contribution in [3.05, 3.63) is 23.4 Å². The van der Waals surface area contributed by atoms with Gasteiger partial charge >= 0.3 is 0 Å². The van der Waals surface area contributed by atoms with Gasteiger partial charge in [0.1, 0.15) is 5.82 Å². The van der Waals surface area contributed by atoms with E-state index < -0.39 is 0 Å². The molecule has 2 N–H and O–H groups in total. The zero-order chi connectivity index (χ0) is 8.43. The van der Waals surface area contributed by atoms with Crippen molar-refractivity contribution in [2.75, 3.05) is 5.73 Å². The molecule has 11 heavy (non-hydrogen) atoms. The summed E-state index contributed by atoms with van der Waals surface area (Å²) >= 11 is 5.60. The average molecular weight is 172 g/mol. The maximum Gasteiger partial charge on any atom is 0.145 e. The van der Waals surface area contributed by atoms with Gasteiger partial charge in [-0.25, -0.2) is 0 Å². The molecule has 1 aromatic heterocycles. The van der Waals surface area contributed by atoms with Crippen LogP contribution in [0.2, 0.25) is 0 Å². The van der Waals surface area contributed by atoms with Crippen LogP contribution in [0.4, 0.5) is 5.82 Å². The first-order valence-corrected chi connectivity index (χ1v) is 3.60. The fourth-order valence-electron chi connectivity index (χ4n) is 0.858. The number of halogens is 1. The molecule has 60 valence electrons.